The standard InChI is InChI=1S/C9H17N5/c1-13-3-2-8(5-13)6-14-7-9(4-10)11-12-14/h7-8H,2-6,10H2,1H3. The van der Waals surface area contributed by atoms with Gasteiger partial charge in [-0.25, -0.2) is 0 Å². The van der Waals surface area contributed by atoms with Gasteiger partial charge in [0.15, 0.2) is 0 Å². The van der Waals surface area contributed by atoms with Crippen LogP contribution in [0.5, 0.6) is 0 Å². The van der Waals surface area contributed by atoms with Gasteiger partial charge in [-0.1, -0.05) is 5.21 Å². The average molecular weight is 195 g/mol. The number of hydrogen-bond acceptors (Lipinski definition) is 4. The van der Waals surface area contributed by atoms with Crippen LogP contribution >= 0.6 is 0 Å². The molecule has 0 bridgehead atoms. The summed E-state index contributed by atoms with van der Waals surface area (Å²) in [5.74, 6) is 0.715. The van der Waals surface area contributed by atoms with Crippen molar-refractivity contribution in [3.8, 4) is 0 Å². The van der Waals surface area contributed by atoms with Gasteiger partial charge < -0.3 is 10.6 Å². The highest BCUT2D eigenvalue weighted by Crippen LogP contribution is 2.15. The molecule has 2 heterocycles. The van der Waals surface area contributed by atoms with Crippen LogP contribution in [0.3, 0.4) is 0 Å². The maximum Gasteiger partial charge on any atom is 0.0962 e. The molecule has 0 spiro atoms. The van der Waals surface area contributed by atoms with Crippen molar-refractivity contribution in [2.24, 2.45) is 11.7 Å². The summed E-state index contributed by atoms with van der Waals surface area (Å²) < 4.78 is 1.91. The van der Waals surface area contributed by atoms with Crippen LogP contribution in [-0.2, 0) is 13.1 Å². The van der Waals surface area contributed by atoms with Crippen molar-refractivity contribution in [2.45, 2.75) is 19.5 Å². The molecule has 5 heteroatoms. The first kappa shape index (κ1) is 9.61. The molecule has 2 N–H and O–H groups in total. The van der Waals surface area contributed by atoms with E-state index in [2.05, 4.69) is 22.3 Å². The predicted octanol–water partition coefficient (Wildman–Crippen LogP) is -0.311. The molecular formula is C9H17N5. The summed E-state index contributed by atoms with van der Waals surface area (Å²) in [4.78, 5) is 2.35. The van der Waals surface area contributed by atoms with Crippen LogP contribution in [0.15, 0.2) is 6.20 Å². The Kier molecular flexibility index (Phi) is 2.79. The van der Waals surface area contributed by atoms with Crippen LogP contribution in [0, 0.1) is 5.92 Å². The van der Waals surface area contributed by atoms with Gasteiger partial charge >= 0.3 is 0 Å². The molecule has 1 unspecified atom stereocenters. The van der Waals surface area contributed by atoms with Gasteiger partial charge in [0.1, 0.15) is 0 Å². The first-order valence-electron chi connectivity index (χ1n) is 5.05. The van der Waals surface area contributed by atoms with Gasteiger partial charge in [-0.3, -0.25) is 4.68 Å². The molecule has 1 aliphatic rings. The number of nitrogens with zero attached hydrogens (tertiary/aromatic N) is 4. The van der Waals surface area contributed by atoms with Gasteiger partial charge in [-0.15, -0.1) is 5.10 Å². The summed E-state index contributed by atoms with van der Waals surface area (Å²) in [6.45, 7) is 3.81. The van der Waals surface area contributed by atoms with Crippen LogP contribution in [0.2, 0.25) is 0 Å². The molecule has 1 saturated heterocycles. The molecule has 78 valence electrons. The molecule has 14 heavy (non-hydrogen) atoms. The maximum atomic E-state index is 5.47. The Labute approximate surface area is 83.9 Å². The van der Waals surface area contributed by atoms with Gasteiger partial charge in [-0.2, -0.15) is 0 Å². The van der Waals surface area contributed by atoms with Gasteiger partial charge in [-0.05, 0) is 25.9 Å². The fraction of sp³-hybridized carbons (Fsp3) is 0.778. The zero-order valence-electron chi connectivity index (χ0n) is 8.56. The predicted molar refractivity (Wildman–Crippen MR) is 53.5 cm³/mol. The Hall–Kier alpha value is -0.940. The monoisotopic (exact) mass is 195 g/mol. The molecule has 0 radical (unpaired) electrons. The van der Waals surface area contributed by atoms with Gasteiger partial charge in [0.2, 0.25) is 0 Å². The van der Waals surface area contributed by atoms with E-state index in [0.29, 0.717) is 12.5 Å². The minimum absolute atomic E-state index is 0.477. The lowest BCUT2D eigenvalue weighted by atomic mass is 10.1. The van der Waals surface area contributed by atoms with Crippen molar-refractivity contribution in [3.63, 3.8) is 0 Å². The van der Waals surface area contributed by atoms with Gasteiger partial charge in [0, 0.05) is 25.8 Å². The molecule has 1 fully saturated rings. The summed E-state index contributed by atoms with van der Waals surface area (Å²) in [5.41, 5.74) is 6.34. The first-order valence-corrected chi connectivity index (χ1v) is 5.05. The molecule has 2 rings (SSSR count). The second-order valence-electron chi connectivity index (χ2n) is 4.05. The Morgan fingerprint density at radius 1 is 1.64 bits per heavy atom. The Morgan fingerprint density at radius 2 is 2.50 bits per heavy atom. The van der Waals surface area contributed by atoms with E-state index in [-0.39, 0.29) is 0 Å². The highest BCUT2D eigenvalue weighted by atomic mass is 15.4. The lowest BCUT2D eigenvalue weighted by Gasteiger charge is -2.09. The lowest BCUT2D eigenvalue weighted by Crippen LogP contribution is -2.17. The van der Waals surface area contributed by atoms with Crippen LogP contribution in [0.4, 0.5) is 0 Å². The third kappa shape index (κ3) is 2.10. The van der Waals surface area contributed by atoms with E-state index in [9.17, 15) is 0 Å². The van der Waals surface area contributed by atoms with E-state index in [0.717, 1.165) is 18.8 Å². The van der Waals surface area contributed by atoms with E-state index < -0.39 is 0 Å². The van der Waals surface area contributed by atoms with Gasteiger partial charge in [0.25, 0.3) is 0 Å². The smallest absolute Gasteiger partial charge is 0.0962 e. The zero-order chi connectivity index (χ0) is 9.97. The summed E-state index contributed by atoms with van der Waals surface area (Å²) >= 11 is 0. The largest absolute Gasteiger partial charge is 0.325 e. The summed E-state index contributed by atoms with van der Waals surface area (Å²) in [6, 6.07) is 0. The molecule has 1 aromatic heterocycles. The second kappa shape index (κ2) is 4.06. The SMILES string of the molecule is CN1CCC(Cn2cc(CN)nn2)C1. The topological polar surface area (TPSA) is 60.0 Å². The van der Waals surface area contributed by atoms with Crippen LogP contribution in [0.1, 0.15) is 12.1 Å². The van der Waals surface area contributed by atoms with Crippen molar-refractivity contribution in [3.05, 3.63) is 11.9 Å². The first-order chi connectivity index (χ1) is 6.78. The Morgan fingerprint density at radius 3 is 3.07 bits per heavy atom. The molecule has 0 saturated carbocycles. The second-order valence-corrected chi connectivity index (χ2v) is 4.05. The molecule has 1 aromatic rings. The highest BCUT2D eigenvalue weighted by Gasteiger charge is 2.19. The van der Waals surface area contributed by atoms with Gasteiger partial charge in [0.05, 0.1) is 5.69 Å². The minimum Gasteiger partial charge on any atom is -0.325 e. The summed E-state index contributed by atoms with van der Waals surface area (Å²) in [5, 5.41) is 8.01. The lowest BCUT2D eigenvalue weighted by molar-refractivity contribution is 0.367. The van der Waals surface area contributed by atoms with E-state index in [4.69, 9.17) is 5.73 Å². The third-order valence-electron chi connectivity index (χ3n) is 2.73. The molecule has 1 atom stereocenters. The van der Waals surface area contributed by atoms with Crippen LogP contribution < -0.4 is 5.73 Å². The van der Waals surface area contributed by atoms with Crippen LogP contribution in [0.25, 0.3) is 0 Å². The number of rotatable bonds is 3. The maximum absolute atomic E-state index is 5.47. The molecule has 0 aromatic carbocycles. The van der Waals surface area contributed by atoms with E-state index in [1.165, 1.54) is 13.0 Å². The van der Waals surface area contributed by atoms with Crippen molar-refractivity contribution in [1.29, 1.82) is 0 Å². The summed E-state index contributed by atoms with van der Waals surface area (Å²) in [7, 11) is 2.16. The number of likely N-dealkylation sites (tertiary alicyclic amines) is 1. The zero-order valence-corrected chi connectivity index (χ0v) is 8.56. The van der Waals surface area contributed by atoms with E-state index in [1.807, 2.05) is 10.9 Å². The molecule has 0 aliphatic carbocycles. The molecule has 0 amide bonds. The van der Waals surface area contributed by atoms with E-state index in [1.54, 1.807) is 0 Å². The normalized spacial score (nSPS) is 23.1. The fourth-order valence-corrected chi connectivity index (χ4v) is 1.96. The fourth-order valence-electron chi connectivity index (χ4n) is 1.96. The Balaban J connectivity index is 1.90. The number of hydrogen-bond donors (Lipinski definition) is 1. The molecular weight excluding hydrogens is 178 g/mol. The minimum atomic E-state index is 0.477. The van der Waals surface area contributed by atoms with Crippen molar-refractivity contribution in [1.82, 2.24) is 19.9 Å². The average Bonchev–Trinajstić information content (AvgIpc) is 2.76. The number of aromatic nitrogens is 3. The highest BCUT2D eigenvalue weighted by molar-refractivity contribution is 4.90. The number of nitrogens with two attached hydrogens (primary N) is 1. The van der Waals surface area contributed by atoms with E-state index >= 15 is 0 Å². The third-order valence-corrected chi connectivity index (χ3v) is 2.73. The van der Waals surface area contributed by atoms with Crippen LogP contribution in [-0.4, -0.2) is 40.0 Å². The summed E-state index contributed by atoms with van der Waals surface area (Å²) in [6.07, 6.45) is 3.20. The Bertz CT molecular complexity index is 295. The molecule has 5 nitrogen and oxygen atoms in total. The van der Waals surface area contributed by atoms with Crippen molar-refractivity contribution >= 4 is 0 Å². The molecule has 1 aliphatic heterocycles. The van der Waals surface area contributed by atoms with Crippen molar-refractivity contribution in [2.75, 3.05) is 20.1 Å². The van der Waals surface area contributed by atoms with Crippen molar-refractivity contribution < 1.29 is 0 Å². The quantitative estimate of drug-likeness (QED) is 0.718.